The fourth-order valence-corrected chi connectivity index (χ4v) is 3.11. The predicted octanol–water partition coefficient (Wildman–Crippen LogP) is 2.49. The van der Waals surface area contributed by atoms with Crippen molar-refractivity contribution < 1.29 is 9.59 Å². The minimum absolute atomic E-state index is 0.0409. The summed E-state index contributed by atoms with van der Waals surface area (Å²) in [5.74, 6) is -0.546. The van der Waals surface area contributed by atoms with Crippen LogP contribution in [0.25, 0.3) is 0 Å². The van der Waals surface area contributed by atoms with Crippen LogP contribution in [-0.2, 0) is 16.0 Å². The van der Waals surface area contributed by atoms with Crippen LogP contribution in [0.2, 0.25) is 0 Å². The van der Waals surface area contributed by atoms with Crippen molar-refractivity contribution in [2.24, 2.45) is 5.41 Å². The van der Waals surface area contributed by atoms with Crippen molar-refractivity contribution in [3.8, 4) is 0 Å². The summed E-state index contributed by atoms with van der Waals surface area (Å²) in [5.41, 5.74) is 2.34. The first-order chi connectivity index (χ1) is 9.83. The number of rotatable bonds is 4. The molecule has 21 heavy (non-hydrogen) atoms. The Morgan fingerprint density at radius 3 is 2.86 bits per heavy atom. The summed E-state index contributed by atoms with van der Waals surface area (Å²) in [4.78, 5) is 23.1. The standard InChI is InChI=1S/C16H19BrN2O2/c1-4-13(20)18-9-14(21)19-15-12-7-11(17)6-5-10(12)8-16(15,2)3/h4-7,15H,1,8-9H2,2-3H3,(H,18,20)(H,19,21). The highest BCUT2D eigenvalue weighted by Gasteiger charge is 2.39. The highest BCUT2D eigenvalue weighted by Crippen LogP contribution is 2.45. The van der Waals surface area contributed by atoms with Crippen molar-refractivity contribution in [1.29, 1.82) is 0 Å². The predicted molar refractivity (Wildman–Crippen MR) is 85.7 cm³/mol. The van der Waals surface area contributed by atoms with Crippen LogP contribution in [0.4, 0.5) is 0 Å². The molecule has 0 fully saturated rings. The van der Waals surface area contributed by atoms with E-state index < -0.39 is 0 Å². The number of nitrogens with one attached hydrogen (secondary N) is 2. The Labute approximate surface area is 133 Å². The van der Waals surface area contributed by atoms with E-state index in [4.69, 9.17) is 0 Å². The number of carbonyl (C=O) groups is 2. The Balaban J connectivity index is 2.12. The number of hydrogen-bond donors (Lipinski definition) is 2. The van der Waals surface area contributed by atoms with Gasteiger partial charge in [0.1, 0.15) is 0 Å². The Hall–Kier alpha value is -1.62. The number of hydrogen-bond acceptors (Lipinski definition) is 2. The molecule has 1 unspecified atom stereocenters. The van der Waals surface area contributed by atoms with E-state index in [1.165, 1.54) is 5.56 Å². The molecular weight excluding hydrogens is 332 g/mol. The van der Waals surface area contributed by atoms with Gasteiger partial charge in [0.2, 0.25) is 11.8 Å². The number of benzene rings is 1. The molecule has 4 nitrogen and oxygen atoms in total. The van der Waals surface area contributed by atoms with E-state index in [1.807, 2.05) is 6.07 Å². The second-order valence-corrected chi connectivity index (χ2v) is 6.85. The minimum atomic E-state index is -0.348. The molecule has 1 aliphatic carbocycles. The largest absolute Gasteiger partial charge is 0.347 e. The molecule has 2 amide bonds. The van der Waals surface area contributed by atoms with Crippen LogP contribution in [0.1, 0.15) is 31.0 Å². The molecule has 1 aliphatic rings. The van der Waals surface area contributed by atoms with Crippen LogP contribution >= 0.6 is 15.9 Å². The highest BCUT2D eigenvalue weighted by molar-refractivity contribution is 9.10. The van der Waals surface area contributed by atoms with Crippen LogP contribution < -0.4 is 10.6 Å². The molecule has 5 heteroatoms. The Morgan fingerprint density at radius 2 is 2.19 bits per heavy atom. The van der Waals surface area contributed by atoms with Crippen LogP contribution in [0.15, 0.2) is 35.3 Å². The van der Waals surface area contributed by atoms with E-state index in [0.29, 0.717) is 0 Å². The van der Waals surface area contributed by atoms with E-state index in [2.05, 4.69) is 59.1 Å². The molecule has 0 saturated carbocycles. The zero-order chi connectivity index (χ0) is 15.6. The highest BCUT2D eigenvalue weighted by atomic mass is 79.9. The van der Waals surface area contributed by atoms with Gasteiger partial charge in [-0.25, -0.2) is 0 Å². The van der Waals surface area contributed by atoms with Gasteiger partial charge in [-0.1, -0.05) is 42.4 Å². The summed E-state index contributed by atoms with van der Waals surface area (Å²) in [6.07, 6.45) is 2.07. The Kier molecular flexibility index (Phi) is 4.52. The maximum Gasteiger partial charge on any atom is 0.243 e. The first kappa shape index (κ1) is 15.8. The molecule has 0 aliphatic heterocycles. The van der Waals surface area contributed by atoms with E-state index >= 15 is 0 Å². The third-order valence-electron chi connectivity index (χ3n) is 3.76. The Bertz CT molecular complexity index is 596. The third-order valence-corrected chi connectivity index (χ3v) is 4.25. The fourth-order valence-electron chi connectivity index (χ4n) is 2.73. The third kappa shape index (κ3) is 3.53. The molecule has 1 aromatic rings. The van der Waals surface area contributed by atoms with Crippen molar-refractivity contribution >= 4 is 27.7 Å². The molecule has 112 valence electrons. The van der Waals surface area contributed by atoms with Gasteiger partial charge in [-0.2, -0.15) is 0 Å². The molecular formula is C16H19BrN2O2. The first-order valence-electron chi connectivity index (χ1n) is 6.81. The molecule has 0 bridgehead atoms. The van der Waals surface area contributed by atoms with Crippen LogP contribution in [0.5, 0.6) is 0 Å². The summed E-state index contributed by atoms with van der Waals surface area (Å²) in [5, 5.41) is 5.51. The summed E-state index contributed by atoms with van der Waals surface area (Å²) in [6, 6.07) is 6.10. The number of carbonyl (C=O) groups excluding carboxylic acids is 2. The van der Waals surface area contributed by atoms with Crippen molar-refractivity contribution in [3.05, 3.63) is 46.5 Å². The van der Waals surface area contributed by atoms with Crippen molar-refractivity contribution in [2.45, 2.75) is 26.3 Å². The average molecular weight is 351 g/mol. The molecule has 1 aromatic carbocycles. The van der Waals surface area contributed by atoms with Gasteiger partial charge < -0.3 is 10.6 Å². The quantitative estimate of drug-likeness (QED) is 0.819. The summed E-state index contributed by atoms with van der Waals surface area (Å²) < 4.78 is 0.998. The zero-order valence-electron chi connectivity index (χ0n) is 12.2. The van der Waals surface area contributed by atoms with Crippen molar-refractivity contribution in [1.82, 2.24) is 10.6 Å². The molecule has 0 aromatic heterocycles. The van der Waals surface area contributed by atoms with Gasteiger partial charge >= 0.3 is 0 Å². The molecule has 0 spiro atoms. The topological polar surface area (TPSA) is 58.2 Å². The summed E-state index contributed by atoms with van der Waals surface area (Å²) in [7, 11) is 0. The lowest BCUT2D eigenvalue weighted by Gasteiger charge is -2.28. The monoisotopic (exact) mass is 350 g/mol. The lowest BCUT2D eigenvalue weighted by atomic mass is 9.85. The second-order valence-electron chi connectivity index (χ2n) is 5.93. The first-order valence-corrected chi connectivity index (χ1v) is 7.61. The maximum absolute atomic E-state index is 12.0. The van der Waals surface area contributed by atoms with Gasteiger partial charge in [-0.3, -0.25) is 9.59 Å². The number of amides is 2. The van der Waals surface area contributed by atoms with E-state index in [1.54, 1.807) is 0 Å². The molecule has 0 saturated heterocycles. The van der Waals surface area contributed by atoms with Crippen molar-refractivity contribution in [3.63, 3.8) is 0 Å². The van der Waals surface area contributed by atoms with Crippen LogP contribution in [0.3, 0.4) is 0 Å². The summed E-state index contributed by atoms with van der Waals surface area (Å²) in [6.45, 7) is 7.58. The van der Waals surface area contributed by atoms with Gasteiger partial charge in [0.05, 0.1) is 12.6 Å². The smallest absolute Gasteiger partial charge is 0.243 e. The normalized spacial score (nSPS) is 18.7. The van der Waals surface area contributed by atoms with Gasteiger partial charge in [-0.05, 0) is 41.2 Å². The van der Waals surface area contributed by atoms with Crippen molar-refractivity contribution in [2.75, 3.05) is 6.54 Å². The van der Waals surface area contributed by atoms with Crippen LogP contribution in [-0.4, -0.2) is 18.4 Å². The maximum atomic E-state index is 12.0. The molecule has 2 N–H and O–H groups in total. The van der Waals surface area contributed by atoms with Gasteiger partial charge in [0, 0.05) is 4.47 Å². The molecule has 0 radical (unpaired) electrons. The van der Waals surface area contributed by atoms with Gasteiger partial charge in [-0.15, -0.1) is 0 Å². The minimum Gasteiger partial charge on any atom is -0.347 e. The van der Waals surface area contributed by atoms with Gasteiger partial charge in [0.25, 0.3) is 0 Å². The van der Waals surface area contributed by atoms with E-state index in [0.717, 1.165) is 22.5 Å². The lowest BCUT2D eigenvalue weighted by molar-refractivity contribution is -0.125. The SMILES string of the molecule is C=CC(=O)NCC(=O)NC1c2cc(Br)ccc2CC1(C)C. The number of fused-ring (bicyclic) bond motifs is 1. The van der Waals surface area contributed by atoms with Crippen LogP contribution in [0, 0.1) is 5.41 Å². The average Bonchev–Trinajstić information content (AvgIpc) is 2.67. The molecule has 2 rings (SSSR count). The molecule has 1 atom stereocenters. The van der Waals surface area contributed by atoms with Gasteiger partial charge in [0.15, 0.2) is 0 Å². The lowest BCUT2D eigenvalue weighted by Crippen LogP contribution is -2.41. The van der Waals surface area contributed by atoms with E-state index in [-0.39, 0.29) is 29.8 Å². The zero-order valence-corrected chi connectivity index (χ0v) is 13.8. The fraction of sp³-hybridized carbons (Fsp3) is 0.375. The van der Waals surface area contributed by atoms with E-state index in [9.17, 15) is 9.59 Å². The molecule has 0 heterocycles. The Morgan fingerprint density at radius 1 is 1.48 bits per heavy atom. The summed E-state index contributed by atoms with van der Waals surface area (Å²) >= 11 is 3.47. The number of halogens is 1. The second kappa shape index (κ2) is 6.02.